The molecule has 6 nitrogen and oxygen atoms in total. The molecule has 2 saturated heterocycles. The van der Waals surface area contributed by atoms with Gasteiger partial charge in [-0.2, -0.15) is 0 Å². The van der Waals surface area contributed by atoms with Gasteiger partial charge in [0.1, 0.15) is 5.69 Å². The molecule has 1 N–H and O–H groups in total. The second-order valence-corrected chi connectivity index (χ2v) is 8.39. The first kappa shape index (κ1) is 17.7. The van der Waals surface area contributed by atoms with Gasteiger partial charge < -0.3 is 14.6 Å². The molecule has 0 unspecified atom stereocenters. The SMILES string of the molecule is Cc1ncsc1CN1CC2(C1)OCC[C@@H]2CCNC(=O)c1cccn1C. The second kappa shape index (κ2) is 7.13. The van der Waals surface area contributed by atoms with Gasteiger partial charge in [0.25, 0.3) is 5.91 Å². The predicted molar refractivity (Wildman–Crippen MR) is 101 cm³/mol. The zero-order chi connectivity index (χ0) is 18.1. The Morgan fingerprint density at radius 1 is 1.50 bits per heavy atom. The molecule has 1 amide bonds. The summed E-state index contributed by atoms with van der Waals surface area (Å²) in [4.78, 5) is 20.4. The smallest absolute Gasteiger partial charge is 0.267 e. The van der Waals surface area contributed by atoms with Crippen LogP contribution in [-0.2, 0) is 18.3 Å². The van der Waals surface area contributed by atoms with Gasteiger partial charge in [-0.1, -0.05) is 0 Å². The van der Waals surface area contributed by atoms with Crippen LogP contribution in [0.2, 0.25) is 0 Å². The topological polar surface area (TPSA) is 59.4 Å². The van der Waals surface area contributed by atoms with Gasteiger partial charge in [-0.3, -0.25) is 9.69 Å². The maximum Gasteiger partial charge on any atom is 0.267 e. The molecule has 0 aliphatic carbocycles. The number of hydrogen-bond donors (Lipinski definition) is 1. The van der Waals surface area contributed by atoms with Crippen LogP contribution in [0.3, 0.4) is 0 Å². The van der Waals surface area contributed by atoms with E-state index in [2.05, 4.69) is 22.1 Å². The molecule has 2 aliphatic rings. The molecule has 1 spiro atoms. The normalized spacial score (nSPS) is 21.8. The molecule has 2 aromatic heterocycles. The fourth-order valence-electron chi connectivity index (χ4n) is 4.19. The molecular weight excluding hydrogens is 348 g/mol. The summed E-state index contributed by atoms with van der Waals surface area (Å²) in [5.41, 5.74) is 3.76. The summed E-state index contributed by atoms with van der Waals surface area (Å²) in [5, 5.41) is 3.06. The van der Waals surface area contributed by atoms with E-state index >= 15 is 0 Å². The van der Waals surface area contributed by atoms with Gasteiger partial charge in [-0.05, 0) is 37.8 Å². The monoisotopic (exact) mass is 374 g/mol. The van der Waals surface area contributed by atoms with Gasteiger partial charge in [0, 0.05) is 50.9 Å². The highest BCUT2D eigenvalue weighted by Crippen LogP contribution is 2.42. The van der Waals surface area contributed by atoms with Gasteiger partial charge in [0.2, 0.25) is 0 Å². The number of carbonyl (C=O) groups is 1. The van der Waals surface area contributed by atoms with Crippen LogP contribution in [0.15, 0.2) is 23.8 Å². The molecule has 1 atom stereocenters. The number of rotatable bonds is 6. The number of aromatic nitrogens is 2. The van der Waals surface area contributed by atoms with Crippen LogP contribution in [0.4, 0.5) is 0 Å². The molecule has 4 heterocycles. The summed E-state index contributed by atoms with van der Waals surface area (Å²) in [5.74, 6) is 0.524. The number of ether oxygens (including phenoxy) is 1. The fraction of sp³-hybridized carbons (Fsp3) is 0.579. The summed E-state index contributed by atoms with van der Waals surface area (Å²) >= 11 is 1.73. The number of thiazole rings is 1. The molecule has 2 aliphatic heterocycles. The molecule has 26 heavy (non-hydrogen) atoms. The van der Waals surface area contributed by atoms with Crippen molar-refractivity contribution in [1.82, 2.24) is 19.8 Å². The van der Waals surface area contributed by atoms with Crippen molar-refractivity contribution >= 4 is 17.2 Å². The van der Waals surface area contributed by atoms with E-state index in [4.69, 9.17) is 4.74 Å². The molecule has 0 bridgehead atoms. The lowest BCUT2D eigenvalue weighted by Gasteiger charge is -2.50. The second-order valence-electron chi connectivity index (χ2n) is 7.45. The number of hydrogen-bond acceptors (Lipinski definition) is 5. The van der Waals surface area contributed by atoms with Crippen molar-refractivity contribution in [3.63, 3.8) is 0 Å². The van der Waals surface area contributed by atoms with Crippen LogP contribution >= 0.6 is 11.3 Å². The van der Waals surface area contributed by atoms with Crippen molar-refractivity contribution in [2.75, 3.05) is 26.2 Å². The number of nitrogens with one attached hydrogen (secondary N) is 1. The summed E-state index contributed by atoms with van der Waals surface area (Å²) < 4.78 is 7.99. The molecule has 4 rings (SSSR count). The molecular formula is C19H26N4O2S. The predicted octanol–water partition coefficient (Wildman–Crippen LogP) is 2.20. The van der Waals surface area contributed by atoms with Crippen molar-refractivity contribution in [1.29, 1.82) is 0 Å². The van der Waals surface area contributed by atoms with E-state index in [1.54, 1.807) is 11.3 Å². The number of amides is 1. The molecule has 140 valence electrons. The van der Waals surface area contributed by atoms with Crippen molar-refractivity contribution in [3.05, 3.63) is 40.1 Å². The van der Waals surface area contributed by atoms with Crippen molar-refractivity contribution in [3.8, 4) is 0 Å². The van der Waals surface area contributed by atoms with Crippen LogP contribution in [0.1, 0.15) is 33.9 Å². The van der Waals surface area contributed by atoms with E-state index in [1.807, 2.05) is 35.5 Å². The molecule has 7 heteroatoms. The Morgan fingerprint density at radius 3 is 3.04 bits per heavy atom. The van der Waals surface area contributed by atoms with Gasteiger partial charge in [0.05, 0.1) is 16.8 Å². The largest absolute Gasteiger partial charge is 0.372 e. The van der Waals surface area contributed by atoms with Crippen molar-refractivity contribution in [2.24, 2.45) is 13.0 Å². The molecule has 2 fully saturated rings. The first-order valence-corrected chi connectivity index (χ1v) is 10.1. The number of carbonyl (C=O) groups excluding carboxylic acids is 1. The molecule has 0 aromatic carbocycles. The van der Waals surface area contributed by atoms with E-state index in [-0.39, 0.29) is 11.5 Å². The standard InChI is InChI=1S/C19H26N4O2S/c1-14-17(26-13-21-14)10-23-11-19(12-23)15(6-9-25-19)5-7-20-18(24)16-4-3-8-22(16)2/h3-4,8,13,15H,5-7,9-12H2,1-2H3,(H,20,24)/t15-/m0/s1. The third-order valence-electron chi connectivity index (χ3n) is 5.75. The van der Waals surface area contributed by atoms with Crippen molar-refractivity contribution < 1.29 is 9.53 Å². The summed E-state index contributed by atoms with van der Waals surface area (Å²) in [6.07, 6.45) is 3.96. The highest BCUT2D eigenvalue weighted by atomic mass is 32.1. The number of likely N-dealkylation sites (tertiary alicyclic amines) is 1. The fourth-order valence-corrected chi connectivity index (χ4v) is 5.01. The first-order chi connectivity index (χ1) is 12.6. The highest BCUT2D eigenvalue weighted by Gasteiger charge is 2.52. The van der Waals surface area contributed by atoms with Crippen molar-refractivity contribution in [2.45, 2.75) is 31.9 Å². The van der Waals surface area contributed by atoms with Crippen LogP contribution in [-0.4, -0.2) is 52.2 Å². The Labute approximate surface area is 158 Å². The first-order valence-electron chi connectivity index (χ1n) is 9.22. The Kier molecular flexibility index (Phi) is 4.86. The minimum atomic E-state index is -0.00566. The minimum Gasteiger partial charge on any atom is -0.372 e. The van der Waals surface area contributed by atoms with Gasteiger partial charge in [-0.25, -0.2) is 4.98 Å². The number of aryl methyl sites for hydroxylation is 2. The zero-order valence-corrected chi connectivity index (χ0v) is 16.2. The Hall–Kier alpha value is -1.70. The maximum atomic E-state index is 12.2. The molecule has 0 radical (unpaired) electrons. The average molecular weight is 375 g/mol. The quantitative estimate of drug-likeness (QED) is 0.842. The van der Waals surface area contributed by atoms with E-state index in [0.717, 1.165) is 44.8 Å². The lowest BCUT2D eigenvalue weighted by atomic mass is 9.79. The Morgan fingerprint density at radius 2 is 2.35 bits per heavy atom. The molecule has 0 saturated carbocycles. The minimum absolute atomic E-state index is 0.00127. The number of nitrogens with zero attached hydrogens (tertiary/aromatic N) is 3. The third kappa shape index (κ3) is 3.31. The summed E-state index contributed by atoms with van der Waals surface area (Å²) in [6.45, 7) is 6.56. The van der Waals surface area contributed by atoms with E-state index in [9.17, 15) is 4.79 Å². The zero-order valence-electron chi connectivity index (χ0n) is 15.4. The lowest BCUT2D eigenvalue weighted by Crippen LogP contribution is -2.64. The molecule has 2 aromatic rings. The summed E-state index contributed by atoms with van der Waals surface area (Å²) in [7, 11) is 1.89. The van der Waals surface area contributed by atoms with Gasteiger partial charge in [-0.15, -0.1) is 11.3 Å². The van der Waals surface area contributed by atoms with Crippen LogP contribution < -0.4 is 5.32 Å². The van der Waals surface area contributed by atoms with E-state index < -0.39 is 0 Å². The lowest BCUT2D eigenvalue weighted by molar-refractivity contribution is -0.136. The highest BCUT2D eigenvalue weighted by molar-refractivity contribution is 7.09. The van der Waals surface area contributed by atoms with Crippen LogP contribution in [0.5, 0.6) is 0 Å². The maximum absolute atomic E-state index is 12.2. The Balaban J connectivity index is 1.26. The van der Waals surface area contributed by atoms with Gasteiger partial charge >= 0.3 is 0 Å². The summed E-state index contributed by atoms with van der Waals surface area (Å²) in [6, 6.07) is 3.74. The van der Waals surface area contributed by atoms with Crippen LogP contribution in [0.25, 0.3) is 0 Å². The third-order valence-corrected chi connectivity index (χ3v) is 6.67. The van der Waals surface area contributed by atoms with Crippen LogP contribution in [0, 0.1) is 12.8 Å². The van der Waals surface area contributed by atoms with E-state index in [1.165, 1.54) is 4.88 Å². The van der Waals surface area contributed by atoms with E-state index in [0.29, 0.717) is 18.2 Å². The Bertz CT molecular complexity index is 778. The van der Waals surface area contributed by atoms with Gasteiger partial charge in [0.15, 0.2) is 0 Å². The average Bonchev–Trinajstić information content (AvgIpc) is 3.29.